The number of hydrogen-bond donors (Lipinski definition) is 0. The third kappa shape index (κ3) is 2.13. The first-order valence-electron chi connectivity index (χ1n) is 5.71. The fourth-order valence-electron chi connectivity index (χ4n) is 2.01. The van der Waals surface area contributed by atoms with Gasteiger partial charge in [0.15, 0.2) is 5.82 Å². The lowest BCUT2D eigenvalue weighted by molar-refractivity contribution is 0.790. The SMILES string of the molecule is Cc1cc(C)c(CCl)c(-n2nc(C)c(Cl)c2C)n1. The van der Waals surface area contributed by atoms with Crippen LogP contribution in [0, 0.1) is 27.7 Å². The van der Waals surface area contributed by atoms with Gasteiger partial charge in [-0.25, -0.2) is 9.67 Å². The molecule has 0 amide bonds. The molecule has 0 saturated carbocycles. The van der Waals surface area contributed by atoms with Crippen molar-refractivity contribution in [3.8, 4) is 5.82 Å². The van der Waals surface area contributed by atoms with E-state index in [4.69, 9.17) is 23.2 Å². The van der Waals surface area contributed by atoms with E-state index in [2.05, 4.69) is 10.1 Å². The van der Waals surface area contributed by atoms with Crippen LogP contribution in [0.1, 0.15) is 28.2 Å². The fourth-order valence-corrected chi connectivity index (χ4v) is 2.46. The molecule has 0 aliphatic heterocycles. The normalized spacial score (nSPS) is 11.0. The largest absolute Gasteiger partial charge is 0.234 e. The van der Waals surface area contributed by atoms with Crippen molar-refractivity contribution >= 4 is 23.2 Å². The van der Waals surface area contributed by atoms with Crippen LogP contribution in [-0.2, 0) is 5.88 Å². The van der Waals surface area contributed by atoms with Crippen LogP contribution in [0.5, 0.6) is 0 Å². The third-order valence-electron chi connectivity index (χ3n) is 2.99. The van der Waals surface area contributed by atoms with E-state index in [1.54, 1.807) is 4.68 Å². The first kappa shape index (κ1) is 13.4. The average molecular weight is 284 g/mol. The number of alkyl halides is 1. The minimum Gasteiger partial charge on any atom is -0.234 e. The maximum atomic E-state index is 6.18. The summed E-state index contributed by atoms with van der Waals surface area (Å²) in [6, 6.07) is 2.02. The third-order valence-corrected chi connectivity index (χ3v) is 3.81. The topological polar surface area (TPSA) is 30.7 Å². The van der Waals surface area contributed by atoms with Gasteiger partial charge >= 0.3 is 0 Å². The summed E-state index contributed by atoms with van der Waals surface area (Å²) in [5.74, 6) is 1.18. The maximum absolute atomic E-state index is 6.18. The van der Waals surface area contributed by atoms with Crippen LogP contribution < -0.4 is 0 Å². The van der Waals surface area contributed by atoms with Crippen LogP contribution in [0.15, 0.2) is 6.07 Å². The number of nitrogens with zero attached hydrogens (tertiary/aromatic N) is 3. The van der Waals surface area contributed by atoms with Gasteiger partial charge in [0.05, 0.1) is 22.3 Å². The van der Waals surface area contributed by atoms with Crippen molar-refractivity contribution in [2.75, 3.05) is 0 Å². The molecule has 0 saturated heterocycles. The van der Waals surface area contributed by atoms with Crippen molar-refractivity contribution in [3.63, 3.8) is 0 Å². The highest BCUT2D eigenvalue weighted by molar-refractivity contribution is 6.31. The molecular weight excluding hydrogens is 269 g/mol. The zero-order valence-electron chi connectivity index (χ0n) is 10.9. The van der Waals surface area contributed by atoms with Crippen LogP contribution >= 0.6 is 23.2 Å². The molecule has 96 valence electrons. The van der Waals surface area contributed by atoms with Gasteiger partial charge in [-0.3, -0.25) is 0 Å². The number of aryl methyl sites for hydroxylation is 3. The maximum Gasteiger partial charge on any atom is 0.158 e. The van der Waals surface area contributed by atoms with Gasteiger partial charge in [-0.2, -0.15) is 5.10 Å². The van der Waals surface area contributed by atoms with Crippen LogP contribution in [-0.4, -0.2) is 14.8 Å². The minimum atomic E-state index is 0.407. The lowest BCUT2D eigenvalue weighted by Crippen LogP contribution is -2.08. The van der Waals surface area contributed by atoms with E-state index in [1.165, 1.54) is 0 Å². The fraction of sp³-hybridized carbons (Fsp3) is 0.385. The summed E-state index contributed by atoms with van der Waals surface area (Å²) in [5.41, 5.74) is 4.74. The summed E-state index contributed by atoms with van der Waals surface area (Å²) in [7, 11) is 0. The molecular formula is C13H15Cl2N3. The molecule has 0 atom stereocenters. The van der Waals surface area contributed by atoms with Crippen molar-refractivity contribution in [2.24, 2.45) is 0 Å². The van der Waals surface area contributed by atoms with Gasteiger partial charge in [-0.15, -0.1) is 11.6 Å². The summed E-state index contributed by atoms with van der Waals surface area (Å²) in [6.07, 6.45) is 0. The lowest BCUT2D eigenvalue weighted by atomic mass is 10.1. The molecule has 2 rings (SSSR count). The van der Waals surface area contributed by atoms with Gasteiger partial charge in [0, 0.05) is 11.3 Å². The molecule has 0 aliphatic carbocycles. The molecule has 2 aromatic heterocycles. The van der Waals surface area contributed by atoms with Crippen molar-refractivity contribution in [3.05, 3.63) is 39.3 Å². The Morgan fingerprint density at radius 3 is 2.39 bits per heavy atom. The predicted octanol–water partition coefficient (Wildman–Crippen LogP) is 3.89. The van der Waals surface area contributed by atoms with E-state index >= 15 is 0 Å². The number of pyridine rings is 1. The summed E-state index contributed by atoms with van der Waals surface area (Å²) in [4.78, 5) is 4.55. The Balaban J connectivity index is 2.73. The number of rotatable bonds is 2. The first-order chi connectivity index (χ1) is 8.45. The molecule has 0 N–H and O–H groups in total. The zero-order chi connectivity index (χ0) is 13.4. The van der Waals surface area contributed by atoms with E-state index in [-0.39, 0.29) is 0 Å². The van der Waals surface area contributed by atoms with E-state index in [0.29, 0.717) is 10.9 Å². The Bertz CT molecular complexity index is 603. The zero-order valence-corrected chi connectivity index (χ0v) is 12.4. The Labute approximate surface area is 117 Å². The summed E-state index contributed by atoms with van der Waals surface area (Å²) < 4.78 is 1.77. The van der Waals surface area contributed by atoms with Crippen molar-refractivity contribution in [1.29, 1.82) is 0 Å². The second-order valence-corrected chi connectivity index (χ2v) is 5.06. The summed E-state index contributed by atoms with van der Waals surface area (Å²) in [6.45, 7) is 7.81. The van der Waals surface area contributed by atoms with E-state index in [1.807, 2.05) is 33.8 Å². The molecule has 0 aromatic carbocycles. The highest BCUT2D eigenvalue weighted by Crippen LogP contribution is 2.25. The molecule has 5 heteroatoms. The van der Waals surface area contributed by atoms with Gasteiger partial charge in [-0.1, -0.05) is 11.6 Å². The van der Waals surface area contributed by atoms with Crippen LogP contribution in [0.4, 0.5) is 0 Å². The van der Waals surface area contributed by atoms with Crippen molar-refractivity contribution in [2.45, 2.75) is 33.6 Å². The molecule has 2 heterocycles. The smallest absolute Gasteiger partial charge is 0.158 e. The van der Waals surface area contributed by atoms with Gasteiger partial charge in [0.1, 0.15) is 0 Å². The monoisotopic (exact) mass is 283 g/mol. The second-order valence-electron chi connectivity index (χ2n) is 4.41. The van der Waals surface area contributed by atoms with E-state index in [0.717, 1.165) is 34.0 Å². The molecule has 18 heavy (non-hydrogen) atoms. The van der Waals surface area contributed by atoms with Crippen molar-refractivity contribution < 1.29 is 0 Å². The minimum absolute atomic E-state index is 0.407. The second kappa shape index (κ2) is 4.90. The molecule has 0 unspecified atom stereocenters. The van der Waals surface area contributed by atoms with Crippen LogP contribution in [0.2, 0.25) is 5.02 Å². The Kier molecular flexibility index (Phi) is 3.64. The molecule has 0 radical (unpaired) electrons. The van der Waals surface area contributed by atoms with Crippen LogP contribution in [0.3, 0.4) is 0 Å². The Morgan fingerprint density at radius 1 is 1.22 bits per heavy atom. The predicted molar refractivity (Wildman–Crippen MR) is 74.9 cm³/mol. The molecule has 0 bridgehead atoms. The number of halogens is 2. The van der Waals surface area contributed by atoms with Gasteiger partial charge in [0.25, 0.3) is 0 Å². The first-order valence-corrected chi connectivity index (χ1v) is 6.62. The van der Waals surface area contributed by atoms with Crippen LogP contribution in [0.25, 0.3) is 5.82 Å². The highest BCUT2D eigenvalue weighted by atomic mass is 35.5. The Morgan fingerprint density at radius 2 is 1.89 bits per heavy atom. The molecule has 3 nitrogen and oxygen atoms in total. The van der Waals surface area contributed by atoms with Gasteiger partial charge in [-0.05, 0) is 39.3 Å². The van der Waals surface area contributed by atoms with Gasteiger partial charge < -0.3 is 0 Å². The number of hydrogen-bond acceptors (Lipinski definition) is 2. The number of aromatic nitrogens is 3. The molecule has 0 spiro atoms. The highest BCUT2D eigenvalue weighted by Gasteiger charge is 2.16. The van der Waals surface area contributed by atoms with E-state index in [9.17, 15) is 0 Å². The average Bonchev–Trinajstić information content (AvgIpc) is 2.56. The lowest BCUT2D eigenvalue weighted by Gasteiger charge is -2.12. The van der Waals surface area contributed by atoms with E-state index < -0.39 is 0 Å². The van der Waals surface area contributed by atoms with Crippen molar-refractivity contribution in [1.82, 2.24) is 14.8 Å². The standard InChI is InChI=1S/C13H15Cl2N3/c1-7-5-8(2)16-13(11(7)6-14)18-10(4)12(15)9(3)17-18/h5H,6H2,1-4H3. The quantitative estimate of drug-likeness (QED) is 0.783. The molecule has 0 aliphatic rings. The van der Waals surface area contributed by atoms with Gasteiger partial charge in [0.2, 0.25) is 0 Å². The summed E-state index contributed by atoms with van der Waals surface area (Å²) in [5, 5.41) is 5.11. The molecule has 0 fully saturated rings. The summed E-state index contributed by atoms with van der Waals surface area (Å²) >= 11 is 12.2. The molecule has 2 aromatic rings. The Hall–Kier alpha value is -1.06.